The topological polar surface area (TPSA) is 99.4 Å². The summed E-state index contributed by atoms with van der Waals surface area (Å²) in [7, 11) is 0. The molecular weight excluding hydrogens is 132 g/mol. The van der Waals surface area contributed by atoms with E-state index < -0.39 is 5.91 Å². The third kappa shape index (κ3) is 1.79. The third-order valence-electron chi connectivity index (χ3n) is 0.834. The first-order valence-electron chi connectivity index (χ1n) is 2.36. The number of hydrogen-bond acceptors (Lipinski definition) is 3. The molecule has 0 spiro atoms. The molecule has 1 amide bonds. The van der Waals surface area contributed by atoms with Crippen molar-refractivity contribution < 1.29 is 4.79 Å². The fourth-order valence-corrected chi connectivity index (χ4v) is 0.436. The van der Waals surface area contributed by atoms with Crippen molar-refractivity contribution in [2.75, 3.05) is 0 Å². The lowest BCUT2D eigenvalue weighted by atomic mass is 10.4. The predicted molar refractivity (Wildman–Crippen MR) is 32.7 cm³/mol. The molecule has 2 N–H and O–H groups in total. The van der Waals surface area contributed by atoms with E-state index in [2.05, 4.69) is 9.97 Å². The molecule has 0 aliphatic rings. The maximum absolute atomic E-state index is 10.3. The van der Waals surface area contributed by atoms with Crippen LogP contribution >= 0.6 is 0 Å². The van der Waals surface area contributed by atoms with Gasteiger partial charge in [0.05, 0.1) is 0 Å². The predicted octanol–water partition coefficient (Wildman–Crippen LogP) is -0.905. The number of hydrogen-bond donors (Lipinski definition) is 1. The SMILES string of the molecule is NC(=O)c1ccncn1.[N]. The lowest BCUT2D eigenvalue weighted by Gasteiger charge is -1.87. The molecular formula is C5H5N4O. The fourth-order valence-electron chi connectivity index (χ4n) is 0.436. The maximum Gasteiger partial charge on any atom is 0.267 e. The van der Waals surface area contributed by atoms with Crippen LogP contribution in [0.25, 0.3) is 0 Å². The van der Waals surface area contributed by atoms with E-state index in [4.69, 9.17) is 5.73 Å². The van der Waals surface area contributed by atoms with Gasteiger partial charge in [-0.25, -0.2) is 9.97 Å². The molecule has 0 saturated heterocycles. The minimum Gasteiger partial charge on any atom is -0.364 e. The van der Waals surface area contributed by atoms with E-state index in [0.29, 0.717) is 0 Å². The van der Waals surface area contributed by atoms with Crippen molar-refractivity contribution in [3.63, 3.8) is 0 Å². The van der Waals surface area contributed by atoms with Gasteiger partial charge in [-0.15, -0.1) is 0 Å². The van der Waals surface area contributed by atoms with E-state index in [-0.39, 0.29) is 11.8 Å². The van der Waals surface area contributed by atoms with Gasteiger partial charge in [0, 0.05) is 12.3 Å². The van der Waals surface area contributed by atoms with Crippen LogP contribution in [0.2, 0.25) is 0 Å². The summed E-state index contributed by atoms with van der Waals surface area (Å²) >= 11 is 0. The third-order valence-corrected chi connectivity index (χ3v) is 0.834. The van der Waals surface area contributed by atoms with Gasteiger partial charge in [-0.2, -0.15) is 0 Å². The van der Waals surface area contributed by atoms with Crippen molar-refractivity contribution in [1.82, 2.24) is 16.1 Å². The first-order valence-corrected chi connectivity index (χ1v) is 2.36. The monoisotopic (exact) mass is 137 g/mol. The normalized spacial score (nSPS) is 8.00. The van der Waals surface area contributed by atoms with Crippen LogP contribution in [0.15, 0.2) is 18.6 Å². The Bertz CT molecular complexity index is 210. The first-order chi connectivity index (χ1) is 4.30. The Morgan fingerprint density at radius 3 is 2.60 bits per heavy atom. The largest absolute Gasteiger partial charge is 0.364 e. The van der Waals surface area contributed by atoms with Gasteiger partial charge in [0.25, 0.3) is 5.91 Å². The lowest BCUT2D eigenvalue weighted by molar-refractivity contribution is 0.0995. The van der Waals surface area contributed by atoms with E-state index in [9.17, 15) is 4.79 Å². The molecule has 1 aromatic rings. The molecule has 1 heterocycles. The Morgan fingerprint density at radius 2 is 2.30 bits per heavy atom. The van der Waals surface area contributed by atoms with Gasteiger partial charge in [0.15, 0.2) is 0 Å². The van der Waals surface area contributed by atoms with Crippen LogP contribution in [0.3, 0.4) is 0 Å². The Morgan fingerprint density at radius 1 is 1.60 bits per heavy atom. The zero-order valence-corrected chi connectivity index (χ0v) is 5.06. The summed E-state index contributed by atoms with van der Waals surface area (Å²) in [5.41, 5.74) is 5.13. The molecule has 5 nitrogen and oxygen atoms in total. The summed E-state index contributed by atoms with van der Waals surface area (Å²) in [4.78, 5) is 17.5. The lowest BCUT2D eigenvalue weighted by Crippen LogP contribution is -2.12. The molecule has 51 valence electrons. The van der Waals surface area contributed by atoms with Gasteiger partial charge in [-0.3, -0.25) is 4.79 Å². The van der Waals surface area contributed by atoms with Crippen molar-refractivity contribution in [2.45, 2.75) is 0 Å². The molecule has 0 fully saturated rings. The highest BCUT2D eigenvalue weighted by atomic mass is 16.1. The van der Waals surface area contributed by atoms with Crippen LogP contribution < -0.4 is 11.9 Å². The van der Waals surface area contributed by atoms with E-state index in [1.165, 1.54) is 18.6 Å². The molecule has 0 aliphatic heterocycles. The Hall–Kier alpha value is -1.49. The number of amides is 1. The van der Waals surface area contributed by atoms with Gasteiger partial charge in [-0.1, -0.05) is 0 Å². The van der Waals surface area contributed by atoms with Crippen molar-refractivity contribution in [1.29, 1.82) is 0 Å². The molecule has 0 bridgehead atoms. The Kier molecular flexibility index (Phi) is 2.99. The number of nitrogens with zero attached hydrogens (tertiary/aromatic N) is 3. The Balaban J connectivity index is 0.000000810. The maximum atomic E-state index is 10.3. The van der Waals surface area contributed by atoms with Crippen molar-refractivity contribution in [3.05, 3.63) is 24.3 Å². The van der Waals surface area contributed by atoms with Gasteiger partial charge >= 0.3 is 0 Å². The molecule has 0 aromatic carbocycles. The summed E-state index contributed by atoms with van der Waals surface area (Å²) in [6.07, 6.45) is 2.74. The summed E-state index contributed by atoms with van der Waals surface area (Å²) in [6, 6.07) is 1.46. The molecule has 0 aliphatic carbocycles. The zero-order valence-electron chi connectivity index (χ0n) is 5.06. The van der Waals surface area contributed by atoms with Crippen LogP contribution in [0.1, 0.15) is 10.5 Å². The van der Waals surface area contributed by atoms with Crippen molar-refractivity contribution in [2.24, 2.45) is 5.73 Å². The van der Waals surface area contributed by atoms with E-state index in [0.717, 1.165) is 0 Å². The molecule has 1 rings (SSSR count). The van der Waals surface area contributed by atoms with E-state index in [1.807, 2.05) is 0 Å². The summed E-state index contributed by atoms with van der Waals surface area (Å²) < 4.78 is 0. The fraction of sp³-hybridized carbons (Fsp3) is 0. The highest BCUT2D eigenvalue weighted by Crippen LogP contribution is 1.85. The zero-order chi connectivity index (χ0) is 6.69. The molecule has 0 atom stereocenters. The second-order valence-corrected chi connectivity index (χ2v) is 1.46. The smallest absolute Gasteiger partial charge is 0.267 e. The van der Waals surface area contributed by atoms with E-state index in [1.54, 1.807) is 0 Å². The number of aromatic nitrogens is 2. The van der Waals surface area contributed by atoms with Gasteiger partial charge < -0.3 is 5.73 Å². The molecule has 0 saturated carbocycles. The molecule has 5 heteroatoms. The van der Waals surface area contributed by atoms with Crippen LogP contribution in [0, 0.1) is 0 Å². The average Bonchev–Trinajstić information content (AvgIpc) is 1.90. The minimum absolute atomic E-state index is 0. The molecule has 0 unspecified atom stereocenters. The number of carbonyl (C=O) groups is 1. The number of primary amides is 1. The number of rotatable bonds is 1. The number of carbonyl (C=O) groups excluding carboxylic acids is 1. The van der Waals surface area contributed by atoms with Crippen LogP contribution in [0.4, 0.5) is 0 Å². The number of nitrogens with two attached hydrogens (primary N) is 1. The first kappa shape index (κ1) is 8.51. The molecule has 1 aromatic heterocycles. The van der Waals surface area contributed by atoms with Crippen LogP contribution in [-0.4, -0.2) is 15.9 Å². The summed E-state index contributed by atoms with van der Waals surface area (Å²) in [6.45, 7) is 0. The van der Waals surface area contributed by atoms with Crippen molar-refractivity contribution in [3.8, 4) is 0 Å². The van der Waals surface area contributed by atoms with Gasteiger partial charge in [0.1, 0.15) is 12.0 Å². The second kappa shape index (κ2) is 3.52. The van der Waals surface area contributed by atoms with Gasteiger partial charge in [-0.05, 0) is 6.07 Å². The van der Waals surface area contributed by atoms with Crippen LogP contribution in [-0.2, 0) is 0 Å². The molecule has 10 heavy (non-hydrogen) atoms. The second-order valence-electron chi connectivity index (χ2n) is 1.46. The average molecular weight is 137 g/mol. The highest BCUT2D eigenvalue weighted by molar-refractivity contribution is 5.90. The molecule has 3 radical (unpaired) electrons. The Labute approximate surface area is 57.9 Å². The standard InChI is InChI=1S/C5H5N3O.N/c6-5(9)4-1-2-7-3-8-4;/h1-3H,(H2,6,9);. The van der Waals surface area contributed by atoms with Gasteiger partial charge in [0.2, 0.25) is 0 Å². The van der Waals surface area contributed by atoms with Crippen LogP contribution in [0.5, 0.6) is 0 Å². The minimum atomic E-state index is -0.530. The van der Waals surface area contributed by atoms with Crippen molar-refractivity contribution >= 4 is 5.91 Å². The quantitative estimate of drug-likeness (QED) is 0.542. The summed E-state index contributed by atoms with van der Waals surface area (Å²) in [5.74, 6) is -0.530. The van der Waals surface area contributed by atoms with E-state index >= 15 is 0 Å². The summed E-state index contributed by atoms with van der Waals surface area (Å²) in [5, 5.41) is 0. The highest BCUT2D eigenvalue weighted by Gasteiger charge is 1.96.